The molecule has 2 bridgehead atoms. The van der Waals surface area contributed by atoms with Crippen LogP contribution in [0.4, 0.5) is 0 Å². The van der Waals surface area contributed by atoms with E-state index in [1.54, 1.807) is 52.4 Å². The number of rotatable bonds is 5. The summed E-state index contributed by atoms with van der Waals surface area (Å²) in [7, 11) is -3.60. The van der Waals surface area contributed by atoms with E-state index < -0.39 is 15.9 Å². The van der Waals surface area contributed by atoms with Crippen LogP contribution in [0.15, 0.2) is 96.2 Å². The molecule has 0 spiro atoms. The number of imidazole rings is 1. The summed E-state index contributed by atoms with van der Waals surface area (Å²) in [5.41, 5.74) is 0.889. The molecule has 4 aromatic rings. The van der Waals surface area contributed by atoms with Gasteiger partial charge in [-0.2, -0.15) is 0 Å². The summed E-state index contributed by atoms with van der Waals surface area (Å²) in [6.45, 7) is 2.67. The van der Waals surface area contributed by atoms with E-state index in [9.17, 15) is 18.0 Å². The molecule has 0 saturated carbocycles. The van der Waals surface area contributed by atoms with Crippen molar-refractivity contribution in [2.24, 2.45) is 0 Å². The van der Waals surface area contributed by atoms with Gasteiger partial charge in [0.2, 0.25) is 12.0 Å². The topological polar surface area (TPSA) is 120 Å². The second-order valence-corrected chi connectivity index (χ2v) is 13.9. The van der Waals surface area contributed by atoms with Gasteiger partial charge in [-0.25, -0.2) is 13.4 Å². The Hall–Kier alpha value is -4.84. The summed E-state index contributed by atoms with van der Waals surface area (Å²) < 4.78 is 45.8. The Balaban J connectivity index is 1.18. The molecule has 0 radical (unpaired) electrons. The highest BCUT2D eigenvalue weighted by molar-refractivity contribution is 7.91. The molecule has 1 atom stereocenters. The van der Waals surface area contributed by atoms with Crippen molar-refractivity contribution in [3.05, 3.63) is 91.3 Å². The molecule has 6 rings (SSSR count). The van der Waals surface area contributed by atoms with Crippen LogP contribution < -0.4 is 14.2 Å². The Morgan fingerprint density at radius 2 is 1.54 bits per heavy atom. The van der Waals surface area contributed by atoms with Crippen LogP contribution in [0.2, 0.25) is 0 Å². The maximum Gasteiger partial charge on any atom is 0.267 e. The molecule has 2 aliphatic rings. The van der Waals surface area contributed by atoms with E-state index in [0.717, 1.165) is 11.4 Å². The normalized spacial score (nSPS) is 17.5. The van der Waals surface area contributed by atoms with Gasteiger partial charge in [-0.15, -0.1) is 0 Å². The Morgan fingerprint density at radius 3 is 2.38 bits per heavy atom. The van der Waals surface area contributed by atoms with Gasteiger partial charge in [-0.05, 0) is 55.7 Å². The minimum absolute atomic E-state index is 0.107. The first-order valence-electron chi connectivity index (χ1n) is 16.3. The lowest BCUT2D eigenvalue weighted by Gasteiger charge is -2.31. The first-order valence-corrected chi connectivity index (χ1v) is 18.0. The van der Waals surface area contributed by atoms with Crippen molar-refractivity contribution in [1.82, 2.24) is 19.4 Å². The third-order valence-electron chi connectivity index (χ3n) is 8.51. The highest BCUT2D eigenvalue weighted by Crippen LogP contribution is 2.31. The molecule has 2 aliphatic heterocycles. The number of aromatic nitrogens is 2. The second-order valence-electron chi connectivity index (χ2n) is 11.8. The van der Waals surface area contributed by atoms with Gasteiger partial charge < -0.3 is 28.6 Å². The molecular formula is C36H40N4O7S. The summed E-state index contributed by atoms with van der Waals surface area (Å²) in [4.78, 5) is 35.5. The molecule has 0 aliphatic carbocycles. The molecule has 1 unspecified atom stereocenters. The molecule has 0 saturated heterocycles. The predicted molar refractivity (Wildman–Crippen MR) is 180 cm³/mol. The highest BCUT2D eigenvalue weighted by Gasteiger charge is 2.31. The standard InChI is InChI=1S/C36H40N4O7S/c41-34(16-25-48(43,44)30-12-2-1-3-13-30)38-18-6-7-19-40(36(42)33-27-46-31-14-4-5-15-32(31)47-33)23-24-45-29-11-8-10-28(26-29)35-37-17-22-39(35)21-9-20-38/h1-5,8,10-15,17,22,26,33H,6-7,9,16,18-21,23-25,27H2. The van der Waals surface area contributed by atoms with Crippen molar-refractivity contribution in [2.75, 3.05) is 45.1 Å². The lowest BCUT2D eigenvalue weighted by molar-refractivity contribution is -0.141. The zero-order valence-electron chi connectivity index (χ0n) is 26.8. The van der Waals surface area contributed by atoms with Crippen molar-refractivity contribution in [3.63, 3.8) is 0 Å². The first-order chi connectivity index (χ1) is 23.4. The number of nitrogens with zero attached hydrogens (tertiary/aromatic N) is 4. The van der Waals surface area contributed by atoms with Gasteiger partial charge in [0.15, 0.2) is 21.3 Å². The van der Waals surface area contributed by atoms with E-state index in [1.165, 1.54) is 0 Å². The lowest BCUT2D eigenvalue weighted by Crippen LogP contribution is -2.48. The highest BCUT2D eigenvalue weighted by atomic mass is 32.2. The van der Waals surface area contributed by atoms with Crippen LogP contribution in [0.1, 0.15) is 25.7 Å². The van der Waals surface area contributed by atoms with Crippen LogP contribution in [0.5, 0.6) is 17.2 Å². The zero-order valence-corrected chi connectivity index (χ0v) is 27.6. The molecule has 12 heteroatoms. The fourth-order valence-electron chi connectivity index (χ4n) is 5.95. The lowest BCUT2D eigenvalue weighted by atomic mass is 10.2. The van der Waals surface area contributed by atoms with E-state index in [-0.39, 0.29) is 42.1 Å². The quantitative estimate of drug-likeness (QED) is 0.305. The molecule has 252 valence electrons. The van der Waals surface area contributed by atoms with E-state index in [1.807, 2.05) is 53.2 Å². The first kappa shape index (κ1) is 33.1. The Kier molecular flexibility index (Phi) is 10.6. The van der Waals surface area contributed by atoms with E-state index in [2.05, 4.69) is 4.98 Å². The third-order valence-corrected chi connectivity index (χ3v) is 10.2. The van der Waals surface area contributed by atoms with Gasteiger partial charge in [0.05, 0.1) is 17.2 Å². The van der Waals surface area contributed by atoms with Gasteiger partial charge in [-0.3, -0.25) is 9.59 Å². The number of fused-ring (bicyclic) bond motifs is 5. The zero-order chi connectivity index (χ0) is 33.3. The maximum absolute atomic E-state index is 13.7. The minimum atomic E-state index is -3.60. The van der Waals surface area contributed by atoms with Gasteiger partial charge in [0, 0.05) is 50.6 Å². The monoisotopic (exact) mass is 672 g/mol. The number of carbonyl (C=O) groups excluding carboxylic acids is 2. The van der Waals surface area contributed by atoms with Crippen molar-refractivity contribution < 1.29 is 32.2 Å². The minimum Gasteiger partial charge on any atom is -0.492 e. The van der Waals surface area contributed by atoms with Crippen LogP contribution >= 0.6 is 0 Å². The Bertz CT molecular complexity index is 1810. The molecule has 1 aromatic heterocycles. The number of hydrogen-bond acceptors (Lipinski definition) is 8. The van der Waals surface area contributed by atoms with E-state index in [0.29, 0.717) is 69.2 Å². The van der Waals surface area contributed by atoms with Crippen LogP contribution in [0.25, 0.3) is 11.4 Å². The smallest absolute Gasteiger partial charge is 0.267 e. The number of aryl methyl sites for hydroxylation is 1. The largest absolute Gasteiger partial charge is 0.492 e. The van der Waals surface area contributed by atoms with Crippen LogP contribution in [0.3, 0.4) is 0 Å². The fourth-order valence-corrected chi connectivity index (χ4v) is 7.20. The number of ether oxygens (including phenoxy) is 3. The average Bonchev–Trinajstić information content (AvgIpc) is 3.59. The summed E-state index contributed by atoms with van der Waals surface area (Å²) in [6.07, 6.45) is 4.67. The Morgan fingerprint density at radius 1 is 0.792 bits per heavy atom. The van der Waals surface area contributed by atoms with Gasteiger partial charge in [0.1, 0.15) is 24.8 Å². The molecule has 3 aromatic carbocycles. The van der Waals surface area contributed by atoms with Crippen molar-refractivity contribution in [2.45, 2.75) is 43.2 Å². The fraction of sp³-hybridized carbons (Fsp3) is 0.361. The molecular weight excluding hydrogens is 632 g/mol. The SMILES string of the molecule is O=C(CCS(=O)(=O)c1ccccc1)N1CCCCN(C(=O)C2COc3ccccc3O2)CCOc2cccc(c2)-c2nccn2CCC1. The van der Waals surface area contributed by atoms with Crippen molar-refractivity contribution in [3.8, 4) is 28.6 Å². The van der Waals surface area contributed by atoms with E-state index in [4.69, 9.17) is 14.2 Å². The number of sulfone groups is 1. The summed E-state index contributed by atoms with van der Waals surface area (Å²) in [5.74, 6) is 1.93. The summed E-state index contributed by atoms with van der Waals surface area (Å²) in [6, 6.07) is 23.2. The van der Waals surface area contributed by atoms with Gasteiger partial charge in [-0.1, -0.05) is 42.5 Å². The molecule has 3 heterocycles. The number of carbonyl (C=O) groups is 2. The maximum atomic E-state index is 13.7. The molecule has 0 fully saturated rings. The number of amides is 2. The molecule has 11 nitrogen and oxygen atoms in total. The average molecular weight is 673 g/mol. The molecule has 2 amide bonds. The molecule has 48 heavy (non-hydrogen) atoms. The van der Waals surface area contributed by atoms with Gasteiger partial charge in [0.25, 0.3) is 5.91 Å². The summed E-state index contributed by atoms with van der Waals surface area (Å²) in [5, 5.41) is 0. The van der Waals surface area contributed by atoms with Crippen molar-refractivity contribution in [1.29, 1.82) is 0 Å². The van der Waals surface area contributed by atoms with E-state index >= 15 is 0 Å². The second kappa shape index (κ2) is 15.4. The summed E-state index contributed by atoms with van der Waals surface area (Å²) >= 11 is 0. The third kappa shape index (κ3) is 8.17. The number of hydrogen-bond donors (Lipinski definition) is 0. The van der Waals surface area contributed by atoms with Crippen LogP contribution in [-0.4, -0.2) is 90.8 Å². The van der Waals surface area contributed by atoms with Crippen LogP contribution in [0, 0.1) is 0 Å². The predicted octanol–water partition coefficient (Wildman–Crippen LogP) is 4.47. The number of para-hydroxylation sites is 2. The van der Waals surface area contributed by atoms with Crippen LogP contribution in [-0.2, 0) is 26.0 Å². The molecule has 0 N–H and O–H groups in total. The van der Waals surface area contributed by atoms with Gasteiger partial charge >= 0.3 is 0 Å². The van der Waals surface area contributed by atoms with Crippen molar-refractivity contribution >= 4 is 21.7 Å². The Labute approximate surface area is 281 Å². The number of benzene rings is 3.